The molecule has 0 aliphatic carbocycles. The standard InChI is InChI=1S/C15H10N2O3S/c18-14-7-2-1-6-12(14)13-9-21-15(16-13)10-4-3-5-11(8-10)17(19)20/h1-9,18H. The number of hydrogen-bond acceptors (Lipinski definition) is 5. The van der Waals surface area contributed by atoms with Crippen molar-refractivity contribution in [3.05, 3.63) is 64.0 Å². The highest BCUT2D eigenvalue weighted by Crippen LogP contribution is 2.33. The van der Waals surface area contributed by atoms with Crippen molar-refractivity contribution in [1.82, 2.24) is 4.98 Å². The SMILES string of the molecule is O=[N+]([O-])c1cccc(-c2nc(-c3ccccc3O)cs2)c1. The summed E-state index contributed by atoms with van der Waals surface area (Å²) in [6.07, 6.45) is 0. The molecule has 1 N–H and O–H groups in total. The average molecular weight is 298 g/mol. The minimum absolute atomic E-state index is 0.0341. The lowest BCUT2D eigenvalue weighted by atomic mass is 10.1. The van der Waals surface area contributed by atoms with Gasteiger partial charge in [-0.25, -0.2) is 4.98 Å². The molecule has 0 radical (unpaired) electrons. The number of non-ortho nitro benzene ring substituents is 1. The second-order valence-electron chi connectivity index (χ2n) is 4.36. The van der Waals surface area contributed by atoms with Crippen molar-refractivity contribution >= 4 is 17.0 Å². The van der Waals surface area contributed by atoms with Gasteiger partial charge in [0.15, 0.2) is 0 Å². The third-order valence-corrected chi connectivity index (χ3v) is 3.88. The Hall–Kier alpha value is -2.73. The van der Waals surface area contributed by atoms with Crippen LogP contribution in [0.5, 0.6) is 5.75 Å². The number of aromatic hydroxyl groups is 1. The Labute approximate surface area is 124 Å². The normalized spacial score (nSPS) is 10.5. The number of phenolic OH excluding ortho intramolecular Hbond substituents is 1. The molecule has 0 fully saturated rings. The topological polar surface area (TPSA) is 76.3 Å². The van der Waals surface area contributed by atoms with Crippen LogP contribution < -0.4 is 0 Å². The minimum atomic E-state index is -0.430. The summed E-state index contributed by atoms with van der Waals surface area (Å²) in [4.78, 5) is 14.8. The van der Waals surface area contributed by atoms with E-state index in [1.165, 1.54) is 23.5 Å². The van der Waals surface area contributed by atoms with E-state index in [2.05, 4.69) is 4.98 Å². The van der Waals surface area contributed by atoms with E-state index in [4.69, 9.17) is 0 Å². The summed E-state index contributed by atoms with van der Waals surface area (Å²) in [5, 5.41) is 23.1. The number of phenols is 1. The van der Waals surface area contributed by atoms with Gasteiger partial charge in [-0.15, -0.1) is 11.3 Å². The van der Waals surface area contributed by atoms with E-state index in [-0.39, 0.29) is 11.4 Å². The first-order valence-corrected chi connectivity index (χ1v) is 7.02. The maximum Gasteiger partial charge on any atom is 0.270 e. The minimum Gasteiger partial charge on any atom is -0.507 e. The van der Waals surface area contributed by atoms with Crippen molar-refractivity contribution in [3.8, 4) is 27.6 Å². The number of hydrogen-bond donors (Lipinski definition) is 1. The van der Waals surface area contributed by atoms with Crippen LogP contribution in [0, 0.1) is 10.1 Å². The van der Waals surface area contributed by atoms with Crippen molar-refractivity contribution < 1.29 is 10.0 Å². The van der Waals surface area contributed by atoms with Crippen LogP contribution in [0.15, 0.2) is 53.9 Å². The monoisotopic (exact) mass is 298 g/mol. The summed E-state index contributed by atoms with van der Waals surface area (Å²) in [5.41, 5.74) is 2.02. The highest BCUT2D eigenvalue weighted by Gasteiger charge is 2.12. The first-order chi connectivity index (χ1) is 10.1. The Morgan fingerprint density at radius 1 is 1.14 bits per heavy atom. The Bertz CT molecular complexity index is 814. The lowest BCUT2D eigenvalue weighted by molar-refractivity contribution is -0.384. The van der Waals surface area contributed by atoms with E-state index in [0.29, 0.717) is 21.8 Å². The lowest BCUT2D eigenvalue weighted by Crippen LogP contribution is -1.88. The van der Waals surface area contributed by atoms with Gasteiger partial charge in [0.2, 0.25) is 0 Å². The molecule has 5 nitrogen and oxygen atoms in total. The quantitative estimate of drug-likeness (QED) is 0.583. The Kier molecular flexibility index (Phi) is 3.37. The molecule has 3 rings (SSSR count). The van der Waals surface area contributed by atoms with Crippen LogP contribution in [0.2, 0.25) is 0 Å². The molecule has 1 heterocycles. The highest BCUT2D eigenvalue weighted by molar-refractivity contribution is 7.13. The molecular formula is C15H10N2O3S. The van der Waals surface area contributed by atoms with Crippen molar-refractivity contribution in [3.63, 3.8) is 0 Å². The van der Waals surface area contributed by atoms with Crippen LogP contribution in [0.3, 0.4) is 0 Å². The van der Waals surface area contributed by atoms with E-state index >= 15 is 0 Å². The molecule has 6 heteroatoms. The molecule has 0 atom stereocenters. The van der Waals surface area contributed by atoms with E-state index in [1.54, 1.807) is 30.3 Å². The fraction of sp³-hybridized carbons (Fsp3) is 0. The smallest absolute Gasteiger partial charge is 0.270 e. The van der Waals surface area contributed by atoms with Crippen molar-refractivity contribution in [2.75, 3.05) is 0 Å². The number of thiazole rings is 1. The van der Waals surface area contributed by atoms with Crippen LogP contribution in [0.25, 0.3) is 21.8 Å². The number of aromatic nitrogens is 1. The molecule has 3 aromatic rings. The van der Waals surface area contributed by atoms with Gasteiger partial charge in [-0.2, -0.15) is 0 Å². The maximum atomic E-state index is 10.8. The number of para-hydroxylation sites is 1. The largest absolute Gasteiger partial charge is 0.507 e. The number of nitro groups is 1. The van der Waals surface area contributed by atoms with E-state index in [0.717, 1.165) is 0 Å². The molecule has 0 saturated carbocycles. The fourth-order valence-corrected chi connectivity index (χ4v) is 2.79. The summed E-state index contributed by atoms with van der Waals surface area (Å²) in [6, 6.07) is 13.3. The predicted octanol–water partition coefficient (Wildman–Crippen LogP) is 4.09. The van der Waals surface area contributed by atoms with E-state index < -0.39 is 4.92 Å². The molecule has 0 unspecified atom stereocenters. The number of nitrogens with zero attached hydrogens (tertiary/aromatic N) is 2. The number of rotatable bonds is 3. The van der Waals surface area contributed by atoms with Crippen LogP contribution in [-0.4, -0.2) is 15.0 Å². The van der Waals surface area contributed by atoms with Crippen LogP contribution in [0.1, 0.15) is 0 Å². The molecule has 0 bridgehead atoms. The molecule has 0 amide bonds. The zero-order valence-electron chi connectivity index (χ0n) is 10.8. The molecule has 21 heavy (non-hydrogen) atoms. The highest BCUT2D eigenvalue weighted by atomic mass is 32.1. The molecule has 2 aromatic carbocycles. The van der Waals surface area contributed by atoms with E-state index in [9.17, 15) is 15.2 Å². The molecule has 0 aliphatic rings. The average Bonchev–Trinajstić information content (AvgIpc) is 2.97. The van der Waals surface area contributed by atoms with Crippen LogP contribution >= 0.6 is 11.3 Å². The molecule has 0 spiro atoms. The summed E-state index contributed by atoms with van der Waals surface area (Å²) in [7, 11) is 0. The van der Waals surface area contributed by atoms with Gasteiger partial charge < -0.3 is 5.11 Å². The van der Waals surface area contributed by atoms with Gasteiger partial charge in [-0.3, -0.25) is 10.1 Å². The van der Waals surface area contributed by atoms with E-state index in [1.807, 2.05) is 11.4 Å². The van der Waals surface area contributed by atoms with Crippen molar-refractivity contribution in [1.29, 1.82) is 0 Å². The molecule has 0 aliphatic heterocycles. The summed E-state index contributed by atoms with van der Waals surface area (Å²) in [6.45, 7) is 0. The Balaban J connectivity index is 2.01. The second-order valence-corrected chi connectivity index (χ2v) is 5.22. The first-order valence-electron chi connectivity index (χ1n) is 6.14. The van der Waals surface area contributed by atoms with Gasteiger partial charge >= 0.3 is 0 Å². The fourth-order valence-electron chi connectivity index (χ4n) is 1.97. The van der Waals surface area contributed by atoms with Crippen LogP contribution in [0.4, 0.5) is 5.69 Å². The molecule has 0 saturated heterocycles. The van der Waals surface area contributed by atoms with Crippen LogP contribution in [-0.2, 0) is 0 Å². The third-order valence-electron chi connectivity index (χ3n) is 2.99. The van der Waals surface area contributed by atoms with Gasteiger partial charge in [0.25, 0.3) is 5.69 Å². The molecular weight excluding hydrogens is 288 g/mol. The van der Waals surface area contributed by atoms with Gasteiger partial charge in [-0.1, -0.05) is 24.3 Å². The number of nitro benzene ring substituents is 1. The van der Waals surface area contributed by atoms with Crippen molar-refractivity contribution in [2.45, 2.75) is 0 Å². The predicted molar refractivity (Wildman–Crippen MR) is 81.3 cm³/mol. The second kappa shape index (κ2) is 5.34. The molecule has 1 aromatic heterocycles. The summed E-state index contributed by atoms with van der Waals surface area (Å²) in [5.74, 6) is 0.161. The van der Waals surface area contributed by atoms with Crippen molar-refractivity contribution in [2.24, 2.45) is 0 Å². The van der Waals surface area contributed by atoms with Gasteiger partial charge in [0.05, 0.1) is 10.6 Å². The zero-order valence-corrected chi connectivity index (χ0v) is 11.6. The maximum absolute atomic E-state index is 10.8. The summed E-state index contributed by atoms with van der Waals surface area (Å²) < 4.78 is 0. The van der Waals surface area contributed by atoms with Gasteiger partial charge in [0, 0.05) is 28.6 Å². The zero-order chi connectivity index (χ0) is 14.8. The molecule has 104 valence electrons. The summed E-state index contributed by atoms with van der Waals surface area (Å²) >= 11 is 1.38. The third kappa shape index (κ3) is 2.61. The lowest BCUT2D eigenvalue weighted by Gasteiger charge is -2.00. The van der Waals surface area contributed by atoms with Gasteiger partial charge in [0.1, 0.15) is 10.8 Å². The number of benzene rings is 2. The Morgan fingerprint density at radius 3 is 2.71 bits per heavy atom. The Morgan fingerprint density at radius 2 is 1.95 bits per heavy atom. The van der Waals surface area contributed by atoms with Gasteiger partial charge in [-0.05, 0) is 12.1 Å². The first kappa shape index (κ1) is 13.3.